The Labute approximate surface area is 186 Å². The van der Waals surface area contributed by atoms with Crippen molar-refractivity contribution in [3.8, 4) is 5.88 Å². The molecule has 3 aliphatic carbocycles. The minimum atomic E-state index is -0.497. The largest absolute Gasteiger partial charge is 0.481 e. The highest BCUT2D eigenvalue weighted by Crippen LogP contribution is 2.61. The van der Waals surface area contributed by atoms with Crippen LogP contribution in [0.3, 0.4) is 0 Å². The van der Waals surface area contributed by atoms with Crippen LogP contribution in [0.25, 0.3) is 0 Å². The van der Waals surface area contributed by atoms with E-state index in [1.165, 1.54) is 25.9 Å². The van der Waals surface area contributed by atoms with Crippen LogP contribution in [0, 0.1) is 23.2 Å². The lowest BCUT2D eigenvalue weighted by Crippen LogP contribution is -2.58. The minimum absolute atomic E-state index is 0.0552. The lowest BCUT2D eigenvalue weighted by atomic mass is 9.45. The van der Waals surface area contributed by atoms with Crippen LogP contribution in [-0.4, -0.2) is 33.8 Å². The third kappa shape index (κ3) is 4.01. The fraction of sp³-hybridized carbons (Fsp3) is 0.545. The molecule has 2 aromatic heterocycles. The molecule has 2 aromatic rings. The Morgan fingerprint density at radius 1 is 1.32 bits per heavy atom. The van der Waals surface area contributed by atoms with E-state index in [-0.39, 0.29) is 17.6 Å². The number of carbonyl (C=O) groups excluding carboxylic acids is 1. The van der Waals surface area contributed by atoms with Gasteiger partial charge in [0.15, 0.2) is 0 Å². The van der Waals surface area contributed by atoms with Crippen molar-refractivity contribution in [2.45, 2.75) is 46.2 Å². The van der Waals surface area contributed by atoms with Crippen molar-refractivity contribution in [3.63, 3.8) is 0 Å². The number of nitrogens with zero attached hydrogens (tertiary/aromatic N) is 3. The number of fused-ring (bicyclic) bond motifs is 2. The lowest BCUT2D eigenvalue weighted by molar-refractivity contribution is -0.117. The van der Waals surface area contributed by atoms with E-state index in [1.807, 2.05) is 0 Å². The summed E-state index contributed by atoms with van der Waals surface area (Å²) < 4.78 is 6.05. The van der Waals surface area contributed by atoms with Crippen LogP contribution in [-0.2, 0) is 11.3 Å². The SMILES string of the molecule is COc1ccc(NC(=O)Cn2ncc(N[C@@H]3C[C@@H]4C[C@H]([C@H]3C)C4(C)C)c(Cl)c2=O)cn1. The van der Waals surface area contributed by atoms with Crippen LogP contribution in [0.2, 0.25) is 5.02 Å². The van der Waals surface area contributed by atoms with Gasteiger partial charge in [0.05, 0.1) is 30.9 Å². The predicted octanol–water partition coefficient (Wildman–Crippen LogP) is 3.42. The van der Waals surface area contributed by atoms with Crippen LogP contribution in [0.4, 0.5) is 11.4 Å². The monoisotopic (exact) mass is 445 g/mol. The van der Waals surface area contributed by atoms with Gasteiger partial charge in [0.25, 0.3) is 5.56 Å². The van der Waals surface area contributed by atoms with Gasteiger partial charge in [-0.25, -0.2) is 9.67 Å². The molecule has 0 aliphatic heterocycles. The summed E-state index contributed by atoms with van der Waals surface area (Å²) in [6, 6.07) is 3.56. The van der Waals surface area contributed by atoms with E-state index >= 15 is 0 Å². The number of hydrogen-bond donors (Lipinski definition) is 2. The summed E-state index contributed by atoms with van der Waals surface area (Å²) in [5, 5.41) is 10.3. The van der Waals surface area contributed by atoms with Gasteiger partial charge in [0, 0.05) is 12.1 Å². The van der Waals surface area contributed by atoms with Crippen LogP contribution >= 0.6 is 11.6 Å². The molecule has 2 N–H and O–H groups in total. The molecule has 31 heavy (non-hydrogen) atoms. The molecule has 0 spiro atoms. The number of aromatic nitrogens is 3. The van der Waals surface area contributed by atoms with Crippen molar-refractivity contribution in [1.82, 2.24) is 14.8 Å². The zero-order valence-electron chi connectivity index (χ0n) is 18.2. The predicted molar refractivity (Wildman–Crippen MR) is 119 cm³/mol. The van der Waals surface area contributed by atoms with Crippen molar-refractivity contribution in [1.29, 1.82) is 0 Å². The molecule has 3 aliphatic rings. The van der Waals surface area contributed by atoms with Gasteiger partial charge in [-0.05, 0) is 42.1 Å². The van der Waals surface area contributed by atoms with Crippen molar-refractivity contribution in [2.24, 2.45) is 23.2 Å². The number of halogens is 1. The van der Waals surface area contributed by atoms with Crippen LogP contribution in [0.5, 0.6) is 5.88 Å². The smallest absolute Gasteiger partial charge is 0.288 e. The van der Waals surface area contributed by atoms with Gasteiger partial charge in [-0.3, -0.25) is 9.59 Å². The number of carbonyl (C=O) groups is 1. The maximum Gasteiger partial charge on any atom is 0.288 e. The zero-order chi connectivity index (χ0) is 22.3. The van der Waals surface area contributed by atoms with E-state index in [2.05, 4.69) is 41.5 Å². The molecule has 3 saturated carbocycles. The molecule has 8 nitrogen and oxygen atoms in total. The number of hydrogen-bond acceptors (Lipinski definition) is 6. The van der Waals surface area contributed by atoms with Gasteiger partial charge in [0.2, 0.25) is 11.8 Å². The number of rotatable bonds is 6. The molecule has 4 atom stereocenters. The number of anilines is 2. The number of methoxy groups -OCH3 is 1. The summed E-state index contributed by atoms with van der Waals surface area (Å²) >= 11 is 6.35. The fourth-order valence-electron chi connectivity index (χ4n) is 5.13. The quantitative estimate of drug-likeness (QED) is 0.706. The molecule has 0 aromatic carbocycles. The highest BCUT2D eigenvalue weighted by molar-refractivity contribution is 6.32. The summed E-state index contributed by atoms with van der Waals surface area (Å²) in [6.45, 7) is 6.71. The Balaban J connectivity index is 1.41. The average molecular weight is 446 g/mol. The molecule has 5 rings (SSSR count). The first-order valence-corrected chi connectivity index (χ1v) is 10.9. The van der Waals surface area contributed by atoms with E-state index in [4.69, 9.17) is 16.3 Å². The number of pyridine rings is 1. The minimum Gasteiger partial charge on any atom is -0.481 e. The second-order valence-electron chi connectivity index (χ2n) is 9.18. The first-order chi connectivity index (χ1) is 14.7. The number of amides is 1. The molecule has 1 amide bonds. The summed E-state index contributed by atoms with van der Waals surface area (Å²) in [6.07, 6.45) is 5.34. The van der Waals surface area contributed by atoms with Crippen LogP contribution in [0.15, 0.2) is 29.3 Å². The molecule has 2 heterocycles. The lowest BCUT2D eigenvalue weighted by Gasteiger charge is -2.62. The molecular weight excluding hydrogens is 418 g/mol. The summed E-state index contributed by atoms with van der Waals surface area (Å²) in [5.41, 5.74) is 0.911. The van der Waals surface area contributed by atoms with Crippen molar-refractivity contribution >= 4 is 28.9 Å². The first-order valence-electron chi connectivity index (χ1n) is 10.5. The van der Waals surface area contributed by atoms with E-state index in [1.54, 1.807) is 12.1 Å². The molecule has 0 saturated heterocycles. The van der Waals surface area contributed by atoms with Crippen LogP contribution < -0.4 is 20.9 Å². The van der Waals surface area contributed by atoms with Gasteiger partial charge < -0.3 is 15.4 Å². The second kappa shape index (κ2) is 8.15. The van der Waals surface area contributed by atoms with Crippen LogP contribution in [0.1, 0.15) is 33.6 Å². The molecule has 166 valence electrons. The standard InChI is InChI=1S/C22H28ClN5O3/c1-12-15-7-13(22(15,2)3)8-16(12)27-17-10-25-28(21(30)20(17)23)11-18(29)26-14-5-6-19(31-4)24-9-14/h5-6,9-10,12-13,15-16,27H,7-8,11H2,1-4H3,(H,26,29)/t12-,13+,15-,16-/m1/s1. The topological polar surface area (TPSA) is 98.1 Å². The van der Waals surface area contributed by atoms with E-state index in [0.29, 0.717) is 40.4 Å². The Kier molecular flexibility index (Phi) is 5.68. The second-order valence-corrected chi connectivity index (χ2v) is 9.56. The molecular formula is C22H28ClN5O3. The number of nitrogens with one attached hydrogen (secondary N) is 2. The summed E-state index contributed by atoms with van der Waals surface area (Å²) in [7, 11) is 1.51. The van der Waals surface area contributed by atoms with Gasteiger partial charge in [-0.1, -0.05) is 32.4 Å². The zero-order valence-corrected chi connectivity index (χ0v) is 18.9. The average Bonchev–Trinajstić information content (AvgIpc) is 2.74. The highest BCUT2D eigenvalue weighted by Gasteiger charge is 2.56. The summed E-state index contributed by atoms with van der Waals surface area (Å²) in [4.78, 5) is 29.0. The Morgan fingerprint density at radius 2 is 2.10 bits per heavy atom. The Hall–Kier alpha value is -2.61. The maximum absolute atomic E-state index is 12.7. The van der Waals surface area contributed by atoms with E-state index in [0.717, 1.165) is 11.1 Å². The van der Waals surface area contributed by atoms with Gasteiger partial charge in [0.1, 0.15) is 11.6 Å². The first kappa shape index (κ1) is 21.6. The maximum atomic E-state index is 12.7. The number of ether oxygens (including phenoxy) is 1. The molecule has 0 radical (unpaired) electrons. The third-order valence-corrected chi connectivity index (χ3v) is 7.57. The third-order valence-electron chi connectivity index (χ3n) is 7.20. The van der Waals surface area contributed by atoms with Gasteiger partial charge in [-0.15, -0.1) is 0 Å². The van der Waals surface area contributed by atoms with Gasteiger partial charge in [-0.2, -0.15) is 5.10 Å². The highest BCUT2D eigenvalue weighted by atomic mass is 35.5. The normalized spacial score (nSPS) is 26.0. The molecule has 9 heteroatoms. The van der Waals surface area contributed by atoms with Crippen molar-refractivity contribution < 1.29 is 9.53 Å². The van der Waals surface area contributed by atoms with E-state index < -0.39 is 11.5 Å². The van der Waals surface area contributed by atoms with Crippen molar-refractivity contribution in [3.05, 3.63) is 39.9 Å². The molecule has 3 fully saturated rings. The molecule has 2 bridgehead atoms. The van der Waals surface area contributed by atoms with Gasteiger partial charge >= 0.3 is 0 Å². The van der Waals surface area contributed by atoms with Crippen molar-refractivity contribution in [2.75, 3.05) is 17.7 Å². The Bertz CT molecular complexity index is 1040. The molecule has 0 unspecified atom stereocenters. The van der Waals surface area contributed by atoms with E-state index in [9.17, 15) is 9.59 Å². The summed E-state index contributed by atoms with van der Waals surface area (Å²) in [5.74, 6) is 1.89. The Morgan fingerprint density at radius 3 is 2.71 bits per heavy atom. The fourth-order valence-corrected chi connectivity index (χ4v) is 5.33.